The summed E-state index contributed by atoms with van der Waals surface area (Å²) in [4.78, 5) is 42.6. The lowest BCUT2D eigenvalue weighted by molar-refractivity contribution is -0.122. The number of benzene rings is 2. The van der Waals surface area contributed by atoms with Gasteiger partial charge in [-0.05, 0) is 31.4 Å². The number of hydrogen-bond donors (Lipinski definition) is 4. The highest BCUT2D eigenvalue weighted by molar-refractivity contribution is 7.44. The van der Waals surface area contributed by atoms with Gasteiger partial charge in [0.25, 0.3) is 6.47 Å². The Morgan fingerprint density at radius 1 is 0.851 bits per heavy atom. The summed E-state index contributed by atoms with van der Waals surface area (Å²) in [5, 5.41) is 16.7. The molecule has 74 heavy (non-hydrogen) atoms. The highest BCUT2D eigenvalue weighted by Crippen LogP contribution is 2.34. The van der Waals surface area contributed by atoms with E-state index in [1.54, 1.807) is 10.9 Å². The van der Waals surface area contributed by atoms with Gasteiger partial charge in [0.15, 0.2) is 20.3 Å². The van der Waals surface area contributed by atoms with Crippen LogP contribution in [0.25, 0.3) is 11.0 Å². The molecule has 2 aromatic heterocycles. The molecule has 0 aliphatic carbocycles. The number of hydrogen-bond acceptors (Lipinski definition) is 20. The van der Waals surface area contributed by atoms with Gasteiger partial charge in [-0.15, -0.1) is 0 Å². The molecular weight excluding hydrogens is 1020 g/mol. The molecule has 3 heterocycles. The van der Waals surface area contributed by atoms with E-state index in [4.69, 9.17) is 94.5 Å². The fourth-order valence-corrected chi connectivity index (χ4v) is 7.43. The van der Waals surface area contributed by atoms with Crippen molar-refractivity contribution in [2.45, 2.75) is 45.1 Å². The Labute approximate surface area is 433 Å². The van der Waals surface area contributed by atoms with Gasteiger partial charge in [0.1, 0.15) is 41.2 Å². The van der Waals surface area contributed by atoms with Crippen molar-refractivity contribution in [3.63, 3.8) is 0 Å². The Bertz CT molecular complexity index is 2240. The largest absolute Gasteiger partial charge is 0.483 e. The third kappa shape index (κ3) is 24.0. The Morgan fingerprint density at radius 2 is 1.43 bits per heavy atom. The number of aromatic nitrogens is 4. The van der Waals surface area contributed by atoms with Crippen molar-refractivity contribution >= 4 is 55.2 Å². The summed E-state index contributed by atoms with van der Waals surface area (Å²) in [5.74, 6) is 3.93. The molecule has 0 amide bonds. The van der Waals surface area contributed by atoms with Crippen LogP contribution >= 0.6 is 20.0 Å². The Morgan fingerprint density at radius 3 is 2.04 bits per heavy atom. The summed E-state index contributed by atoms with van der Waals surface area (Å²) < 4.78 is 98.2. The predicted octanol–water partition coefficient (Wildman–Crippen LogP) is 4.62. The van der Waals surface area contributed by atoms with Crippen LogP contribution in [0.2, 0.25) is 5.02 Å². The van der Waals surface area contributed by atoms with Gasteiger partial charge in [-0.2, -0.15) is 10.2 Å². The molecule has 4 aromatic rings. The smallest absolute Gasteiger partial charge is 0.290 e. The van der Waals surface area contributed by atoms with Crippen molar-refractivity contribution < 1.29 is 80.2 Å². The first kappa shape index (κ1) is 62.0. The van der Waals surface area contributed by atoms with Crippen LogP contribution < -0.4 is 10.7 Å². The van der Waals surface area contributed by atoms with Crippen molar-refractivity contribution in [2.75, 3.05) is 137 Å². The molecule has 1 fully saturated rings. The molecular formula is C47H67ClF3N8O14P. The second-order valence-electron chi connectivity index (χ2n) is 15.8. The average molecular weight is 1090 g/mol. The standard InChI is InChI=1S/C46H65ClF3N8O12P.CH2O2/c1-34-54-45(40-29-53-58(46(40)55-34)44-7-6-38(70-44)32-69-33-71(59)60)57(30-35-4-2-3-5-41(35)47)10-13-63-16-19-66-22-23-67-24-25-68-31-37(56-51)28-52-9-12-62-15-18-65-21-20-64-17-14-61-11-8-39-42(49)26-36(48)27-43(39)50;2-1-3/h2-5,26-29,38,44,59-60H,6-25,30-33,51H2,1H3;1H,(H,2,3)/b52-28?,56-37+;. The maximum atomic E-state index is 13.7. The zero-order chi connectivity index (χ0) is 53.2. The van der Waals surface area contributed by atoms with E-state index >= 15 is 0 Å². The summed E-state index contributed by atoms with van der Waals surface area (Å²) in [6.45, 7) is 8.43. The van der Waals surface area contributed by atoms with Crippen molar-refractivity contribution in [1.29, 1.82) is 0 Å². The SMILES string of the molecule is Cc1nc(N(CCOCCOCCOCCOC/C(C=NCCOCCOCCOCCOCCc2c(F)cc(F)cc2F)=N/N)Cc2ccccc2Cl)c2cnn(C3CCC(COCP(O)O)O3)c2n1.O=CO. The summed E-state index contributed by atoms with van der Waals surface area (Å²) in [6, 6.07) is 8.96. The molecule has 0 saturated carbocycles. The number of fused-ring (bicyclic) bond motifs is 1. The van der Waals surface area contributed by atoms with Gasteiger partial charge in [-0.25, -0.2) is 27.8 Å². The fraction of sp³-hybridized carbons (Fsp3) is 0.574. The van der Waals surface area contributed by atoms with Gasteiger partial charge in [0.2, 0.25) is 0 Å². The number of rotatable bonds is 38. The predicted molar refractivity (Wildman–Crippen MR) is 268 cm³/mol. The Hall–Kier alpha value is -4.57. The number of nitrogens with zero attached hydrogens (tertiary/aromatic N) is 7. The molecule has 1 aliphatic heterocycles. The first-order chi connectivity index (χ1) is 36.0. The monoisotopic (exact) mass is 1090 g/mol. The minimum absolute atomic E-state index is 0.0108. The molecule has 1 aliphatic rings. The normalized spacial score (nSPS) is 14.9. The van der Waals surface area contributed by atoms with E-state index in [1.807, 2.05) is 31.2 Å². The number of halogens is 4. The molecule has 2 aromatic carbocycles. The molecule has 27 heteroatoms. The molecule has 1 saturated heterocycles. The number of anilines is 1. The zero-order valence-corrected chi connectivity index (χ0v) is 43.0. The third-order valence-electron chi connectivity index (χ3n) is 10.4. The average Bonchev–Trinajstić information content (AvgIpc) is 4.02. The maximum Gasteiger partial charge on any atom is 0.290 e. The van der Waals surface area contributed by atoms with Crippen molar-refractivity contribution in [1.82, 2.24) is 19.7 Å². The minimum atomic E-state index is -2.12. The second-order valence-corrected chi connectivity index (χ2v) is 17.2. The van der Waals surface area contributed by atoms with E-state index in [0.29, 0.717) is 145 Å². The van der Waals surface area contributed by atoms with Crippen LogP contribution in [0.3, 0.4) is 0 Å². The molecule has 0 spiro atoms. The first-order valence-corrected chi connectivity index (χ1v) is 25.5. The molecule has 5 rings (SSSR count). The lowest BCUT2D eigenvalue weighted by atomic mass is 10.1. The molecule has 5 N–H and O–H groups in total. The molecule has 0 radical (unpaired) electrons. The van der Waals surface area contributed by atoms with E-state index in [0.717, 1.165) is 17.4 Å². The van der Waals surface area contributed by atoms with E-state index in [9.17, 15) is 13.2 Å². The quantitative estimate of drug-likeness (QED) is 0.0119. The van der Waals surface area contributed by atoms with E-state index in [1.165, 1.54) is 6.21 Å². The van der Waals surface area contributed by atoms with Crippen molar-refractivity contribution in [3.05, 3.63) is 82.0 Å². The van der Waals surface area contributed by atoms with Gasteiger partial charge in [-0.3, -0.25) is 9.79 Å². The molecule has 412 valence electrons. The Balaban J connectivity index is 0.00000385. The summed E-state index contributed by atoms with van der Waals surface area (Å²) in [6.07, 6.45) is 4.03. The van der Waals surface area contributed by atoms with Crippen LogP contribution in [-0.2, 0) is 65.1 Å². The van der Waals surface area contributed by atoms with Crippen LogP contribution in [0.4, 0.5) is 19.0 Å². The molecule has 2 unspecified atom stereocenters. The highest BCUT2D eigenvalue weighted by atomic mass is 35.5. The number of carboxylic acid groups (broad SMARTS) is 1. The van der Waals surface area contributed by atoms with Crippen LogP contribution in [0.1, 0.15) is 36.0 Å². The molecule has 22 nitrogen and oxygen atoms in total. The minimum Gasteiger partial charge on any atom is -0.483 e. The summed E-state index contributed by atoms with van der Waals surface area (Å²) in [7, 11) is -2.12. The zero-order valence-electron chi connectivity index (χ0n) is 41.3. The van der Waals surface area contributed by atoms with Crippen LogP contribution in [0.15, 0.2) is 52.7 Å². The number of ether oxygens (including phenoxy) is 10. The molecule has 2 atom stereocenters. The van der Waals surface area contributed by atoms with E-state index < -0.39 is 25.8 Å². The molecule has 0 bridgehead atoms. The van der Waals surface area contributed by atoms with Crippen molar-refractivity contribution in [3.8, 4) is 0 Å². The van der Waals surface area contributed by atoms with Gasteiger partial charge in [-0.1, -0.05) is 29.8 Å². The number of nitrogens with two attached hydrogens (primary N) is 1. The van der Waals surface area contributed by atoms with Gasteiger partial charge in [0, 0.05) is 48.4 Å². The van der Waals surface area contributed by atoms with Crippen LogP contribution in [-0.4, -0.2) is 191 Å². The second kappa shape index (κ2) is 37.2. The van der Waals surface area contributed by atoms with Crippen LogP contribution in [0, 0.1) is 24.4 Å². The van der Waals surface area contributed by atoms with Gasteiger partial charge < -0.3 is 73.0 Å². The van der Waals surface area contributed by atoms with Gasteiger partial charge >= 0.3 is 0 Å². The van der Waals surface area contributed by atoms with Gasteiger partial charge in [0.05, 0.1) is 137 Å². The summed E-state index contributed by atoms with van der Waals surface area (Å²) >= 11 is 6.60. The maximum absolute atomic E-state index is 13.7. The number of aliphatic imine (C=N–C) groups is 1. The third-order valence-corrected chi connectivity index (χ3v) is 11.2. The lowest BCUT2D eigenvalue weighted by Gasteiger charge is -2.25. The van der Waals surface area contributed by atoms with Crippen LogP contribution in [0.5, 0.6) is 0 Å². The van der Waals surface area contributed by atoms with E-state index in [2.05, 4.69) is 20.1 Å². The van der Waals surface area contributed by atoms with E-state index in [-0.39, 0.29) is 70.2 Å². The number of carbonyl (C=O) groups is 1. The topological polar surface area (TPSA) is 268 Å². The highest BCUT2D eigenvalue weighted by Gasteiger charge is 2.30. The first-order valence-electron chi connectivity index (χ1n) is 23.7. The fourth-order valence-electron chi connectivity index (χ4n) is 6.97. The Kier molecular flexibility index (Phi) is 31.2. The summed E-state index contributed by atoms with van der Waals surface area (Å²) in [5.41, 5.74) is 1.83. The lowest BCUT2D eigenvalue weighted by Crippen LogP contribution is -2.29. The van der Waals surface area contributed by atoms with Crippen molar-refractivity contribution in [2.24, 2.45) is 15.9 Å². The number of aryl methyl sites for hydroxylation is 1. The number of hydrazone groups is 1.